The molecule has 2 aromatic carbocycles. The van der Waals surface area contributed by atoms with Crippen LogP contribution < -0.4 is 10.4 Å². The second-order valence-electron chi connectivity index (χ2n) is 10.3. The molecule has 1 fully saturated rings. The van der Waals surface area contributed by atoms with Crippen LogP contribution in [0.2, 0.25) is 15.1 Å². The van der Waals surface area contributed by atoms with Crippen LogP contribution in [0.1, 0.15) is 101 Å². The van der Waals surface area contributed by atoms with Crippen molar-refractivity contribution in [1.29, 1.82) is 0 Å². The summed E-state index contributed by atoms with van der Waals surface area (Å²) in [6.07, 6.45) is 15.0. The van der Waals surface area contributed by atoms with Crippen LogP contribution in [0, 0.1) is 5.92 Å². The number of rotatable bonds is 16. The van der Waals surface area contributed by atoms with Gasteiger partial charge < -0.3 is 4.74 Å². The number of hydrazine groups is 1. The fourth-order valence-electron chi connectivity index (χ4n) is 4.58. The lowest BCUT2D eigenvalue weighted by molar-refractivity contribution is -0.119. The number of nitrogens with one attached hydrogen (secondary N) is 1. The van der Waals surface area contributed by atoms with E-state index in [0.29, 0.717) is 44.4 Å². The molecule has 1 unspecified atom stereocenters. The summed E-state index contributed by atoms with van der Waals surface area (Å²) in [6.45, 7) is 4.36. The number of aliphatic imine (C=N–C) groups is 1. The molecule has 40 heavy (non-hydrogen) atoms. The van der Waals surface area contributed by atoms with Crippen molar-refractivity contribution in [2.45, 2.75) is 90.9 Å². The molecule has 0 spiro atoms. The highest BCUT2D eigenvalue weighted by Crippen LogP contribution is 2.33. The number of carbonyl (C=O) groups is 2. The zero-order chi connectivity index (χ0) is 28.9. The van der Waals surface area contributed by atoms with Crippen LogP contribution in [-0.4, -0.2) is 24.3 Å². The number of hydrogen-bond donors (Lipinski definition) is 1. The average Bonchev–Trinajstić information content (AvgIpc) is 3.22. The molecule has 218 valence electrons. The molecule has 1 saturated heterocycles. The fourth-order valence-corrected chi connectivity index (χ4v) is 5.11. The van der Waals surface area contributed by atoms with Gasteiger partial charge in [-0.1, -0.05) is 112 Å². The number of carbonyl (C=O) groups excluding carboxylic acids is 2. The first-order valence-corrected chi connectivity index (χ1v) is 15.6. The maximum atomic E-state index is 12.9. The monoisotopic (exact) mass is 607 g/mol. The molecule has 0 aliphatic carbocycles. The standard InChI is InChI=1S/C31H40Cl3N3O3/c1-3-4-5-6-7-8-9-10-11-12-13-14-19-40-31(39)23-15-17-25(33)27(20-23)35-29-22(2)30(38)37(36-29)28-21-24(32)16-18-26(28)34/h15-18,20-22H,3-14,19H2,1-2H3,(H,35,36). The summed E-state index contributed by atoms with van der Waals surface area (Å²) in [6, 6.07) is 9.67. The third-order valence-corrected chi connectivity index (χ3v) is 7.90. The van der Waals surface area contributed by atoms with Gasteiger partial charge in [-0.25, -0.2) is 14.8 Å². The topological polar surface area (TPSA) is 71.0 Å². The quantitative estimate of drug-likeness (QED) is 0.152. The number of unbranched alkanes of at least 4 members (excludes halogenated alkanes) is 11. The molecule has 2 aromatic rings. The minimum atomic E-state index is -0.576. The first kappa shape index (κ1) is 32.2. The van der Waals surface area contributed by atoms with Gasteiger partial charge in [-0.05, 0) is 49.7 Å². The number of ether oxygens (including phenoxy) is 1. The molecule has 1 heterocycles. The second-order valence-corrected chi connectivity index (χ2v) is 11.5. The van der Waals surface area contributed by atoms with E-state index in [1.165, 1.54) is 62.8 Å². The smallest absolute Gasteiger partial charge is 0.338 e. The highest BCUT2D eigenvalue weighted by atomic mass is 35.5. The van der Waals surface area contributed by atoms with E-state index in [1.54, 1.807) is 43.3 Å². The largest absolute Gasteiger partial charge is 0.462 e. The van der Waals surface area contributed by atoms with E-state index in [-0.39, 0.29) is 5.91 Å². The number of hydrogen-bond acceptors (Lipinski definition) is 4. The Bertz CT molecular complexity index is 1170. The summed E-state index contributed by atoms with van der Waals surface area (Å²) >= 11 is 18.8. The summed E-state index contributed by atoms with van der Waals surface area (Å²) in [5.74, 6) is -0.855. The number of esters is 1. The Labute approximate surface area is 253 Å². The molecule has 0 aromatic heterocycles. The lowest BCUT2D eigenvalue weighted by atomic mass is 10.1. The lowest BCUT2D eigenvalue weighted by Crippen LogP contribution is -2.36. The molecular weight excluding hydrogens is 569 g/mol. The van der Waals surface area contributed by atoms with Crippen LogP contribution in [0.25, 0.3) is 0 Å². The summed E-state index contributed by atoms with van der Waals surface area (Å²) < 4.78 is 5.49. The Balaban J connectivity index is 1.45. The van der Waals surface area contributed by atoms with E-state index in [4.69, 9.17) is 39.5 Å². The van der Waals surface area contributed by atoms with Crippen LogP contribution in [0.3, 0.4) is 0 Å². The van der Waals surface area contributed by atoms with Gasteiger partial charge in [0.1, 0.15) is 5.84 Å². The van der Waals surface area contributed by atoms with Crippen molar-refractivity contribution in [2.75, 3.05) is 11.6 Å². The number of nitrogens with zero attached hydrogens (tertiary/aromatic N) is 2. The normalized spacial score (nSPS) is 16.0. The highest BCUT2D eigenvalue weighted by Gasteiger charge is 2.36. The molecule has 1 aliphatic heterocycles. The van der Waals surface area contributed by atoms with Gasteiger partial charge in [-0.3, -0.25) is 10.2 Å². The van der Waals surface area contributed by atoms with Crippen LogP contribution in [0.4, 0.5) is 11.4 Å². The van der Waals surface area contributed by atoms with Gasteiger partial charge in [0, 0.05) is 5.02 Å². The first-order chi connectivity index (χ1) is 19.3. The molecule has 0 saturated carbocycles. The Hall–Kier alpha value is -2.28. The molecule has 6 nitrogen and oxygen atoms in total. The lowest BCUT2D eigenvalue weighted by Gasteiger charge is -2.17. The third-order valence-electron chi connectivity index (χ3n) is 7.03. The third kappa shape index (κ3) is 9.67. The van der Waals surface area contributed by atoms with E-state index in [1.807, 2.05) is 0 Å². The SMILES string of the molecule is CCCCCCCCCCCCCCOC(=O)c1ccc(Cl)c(N=C2NN(c3cc(Cl)ccc3Cl)C(=O)C2C)c1. The van der Waals surface area contributed by atoms with Crippen molar-refractivity contribution in [2.24, 2.45) is 10.9 Å². The predicted octanol–water partition coefficient (Wildman–Crippen LogP) is 9.72. The first-order valence-electron chi connectivity index (χ1n) is 14.4. The van der Waals surface area contributed by atoms with Crippen LogP contribution in [0.5, 0.6) is 0 Å². The minimum absolute atomic E-state index is 0.239. The number of halogens is 3. The summed E-state index contributed by atoms with van der Waals surface area (Å²) in [7, 11) is 0. The Morgan fingerprint density at radius 3 is 2.12 bits per heavy atom. The molecule has 1 aliphatic rings. The van der Waals surface area contributed by atoms with Gasteiger partial charge in [0.15, 0.2) is 0 Å². The Morgan fingerprint density at radius 1 is 0.875 bits per heavy atom. The van der Waals surface area contributed by atoms with Crippen LogP contribution in [0.15, 0.2) is 41.4 Å². The van der Waals surface area contributed by atoms with E-state index < -0.39 is 11.9 Å². The maximum absolute atomic E-state index is 12.9. The number of anilines is 1. The molecule has 1 amide bonds. The zero-order valence-corrected chi connectivity index (χ0v) is 25.8. The van der Waals surface area contributed by atoms with Crippen LogP contribution >= 0.6 is 34.8 Å². The fraction of sp³-hybridized carbons (Fsp3) is 0.516. The highest BCUT2D eigenvalue weighted by molar-refractivity contribution is 6.36. The van der Waals surface area contributed by atoms with Crippen molar-refractivity contribution in [1.82, 2.24) is 5.43 Å². The van der Waals surface area contributed by atoms with Crippen molar-refractivity contribution < 1.29 is 14.3 Å². The summed E-state index contributed by atoms with van der Waals surface area (Å²) in [5, 5.41) is 2.49. The molecule has 0 bridgehead atoms. The molecular formula is C31H40Cl3N3O3. The van der Waals surface area contributed by atoms with Gasteiger partial charge in [0.25, 0.3) is 5.91 Å². The maximum Gasteiger partial charge on any atom is 0.338 e. The van der Waals surface area contributed by atoms with Crippen LogP contribution in [-0.2, 0) is 9.53 Å². The number of benzene rings is 2. The van der Waals surface area contributed by atoms with Gasteiger partial charge in [-0.2, -0.15) is 0 Å². The Morgan fingerprint density at radius 2 is 1.48 bits per heavy atom. The molecule has 3 rings (SSSR count). The van der Waals surface area contributed by atoms with E-state index in [0.717, 1.165) is 19.3 Å². The molecule has 9 heteroatoms. The number of amidine groups is 1. The van der Waals surface area contributed by atoms with Gasteiger partial charge in [0.05, 0.1) is 39.5 Å². The van der Waals surface area contributed by atoms with Crippen molar-refractivity contribution in [3.8, 4) is 0 Å². The van der Waals surface area contributed by atoms with Gasteiger partial charge in [0.2, 0.25) is 0 Å². The van der Waals surface area contributed by atoms with Gasteiger partial charge in [-0.15, -0.1) is 0 Å². The minimum Gasteiger partial charge on any atom is -0.462 e. The number of amides is 1. The molecule has 0 radical (unpaired) electrons. The summed E-state index contributed by atoms with van der Waals surface area (Å²) in [4.78, 5) is 30.1. The Kier molecular flexibility index (Phi) is 13.6. The van der Waals surface area contributed by atoms with Gasteiger partial charge >= 0.3 is 5.97 Å². The molecule has 1 atom stereocenters. The van der Waals surface area contributed by atoms with Crippen molar-refractivity contribution in [3.63, 3.8) is 0 Å². The van der Waals surface area contributed by atoms with E-state index in [9.17, 15) is 9.59 Å². The van der Waals surface area contributed by atoms with E-state index in [2.05, 4.69) is 17.3 Å². The predicted molar refractivity (Wildman–Crippen MR) is 166 cm³/mol. The second kappa shape index (κ2) is 16.9. The zero-order valence-electron chi connectivity index (χ0n) is 23.5. The van der Waals surface area contributed by atoms with E-state index >= 15 is 0 Å². The average molecular weight is 609 g/mol. The molecule has 1 N–H and O–H groups in total. The summed E-state index contributed by atoms with van der Waals surface area (Å²) in [5.41, 5.74) is 4.14. The van der Waals surface area contributed by atoms with Crippen molar-refractivity contribution >= 4 is 63.9 Å². The van der Waals surface area contributed by atoms with Crippen molar-refractivity contribution in [3.05, 3.63) is 57.0 Å².